The number of carbonyl (C=O) groups excluding carboxylic acids is 2. The molecule has 1 aliphatic rings. The molecule has 180 valence electrons. The second kappa shape index (κ2) is 9.72. The number of methoxy groups -OCH3 is 3. The summed E-state index contributed by atoms with van der Waals surface area (Å²) in [6, 6.07) is 16.3. The van der Waals surface area contributed by atoms with Crippen molar-refractivity contribution >= 4 is 34.7 Å². The third kappa shape index (κ3) is 4.19. The van der Waals surface area contributed by atoms with Crippen LogP contribution in [0.1, 0.15) is 22.7 Å². The Morgan fingerprint density at radius 3 is 2.29 bits per heavy atom. The van der Waals surface area contributed by atoms with Gasteiger partial charge in [0.05, 0.1) is 43.5 Å². The molecule has 0 aromatic heterocycles. The van der Waals surface area contributed by atoms with Crippen LogP contribution in [0.5, 0.6) is 17.2 Å². The van der Waals surface area contributed by atoms with E-state index in [0.29, 0.717) is 22.7 Å². The van der Waals surface area contributed by atoms with Gasteiger partial charge >= 0.3 is 0 Å². The topological polar surface area (TPSA) is 85.3 Å². The molecule has 1 heterocycles. The van der Waals surface area contributed by atoms with Crippen LogP contribution in [0.25, 0.3) is 5.76 Å². The molecule has 4 rings (SSSR count). The molecule has 0 saturated carbocycles. The molecule has 1 saturated heterocycles. The Morgan fingerprint density at radius 1 is 0.914 bits per heavy atom. The first-order valence-electron chi connectivity index (χ1n) is 10.7. The minimum absolute atomic E-state index is 0.0772. The molecular weight excluding hydrogens is 470 g/mol. The maximum Gasteiger partial charge on any atom is 0.300 e. The number of nitrogens with zero attached hydrogens (tertiary/aromatic N) is 1. The summed E-state index contributed by atoms with van der Waals surface area (Å²) in [6.07, 6.45) is 0. The number of benzene rings is 3. The summed E-state index contributed by atoms with van der Waals surface area (Å²) in [6.45, 7) is 1.88. The van der Waals surface area contributed by atoms with Gasteiger partial charge in [-0.3, -0.25) is 14.5 Å². The quantitative estimate of drug-likeness (QED) is 0.285. The number of Topliss-reactive ketones (excluding diaryl/α,β-unsaturated/α-hetero) is 1. The van der Waals surface area contributed by atoms with Crippen LogP contribution in [-0.4, -0.2) is 38.1 Å². The summed E-state index contributed by atoms with van der Waals surface area (Å²) >= 11 is 6.32. The molecule has 3 aromatic carbocycles. The van der Waals surface area contributed by atoms with Gasteiger partial charge in [-0.1, -0.05) is 41.9 Å². The Hall–Kier alpha value is -3.97. The standard InChI is InChI=1S/C27H24ClNO6/c1-15-8-5-6-11-18(15)24-23(25(30)19-13-20(28)22(35-4)14-21(19)34-3)26(31)27(32)29(24)16-9-7-10-17(12-16)33-2/h5-14,24,30H,1-4H3/b25-23+. The van der Waals surface area contributed by atoms with Gasteiger partial charge in [-0.15, -0.1) is 0 Å². The van der Waals surface area contributed by atoms with Crippen LogP contribution in [0.3, 0.4) is 0 Å². The number of aliphatic hydroxyl groups excluding tert-OH is 1. The Morgan fingerprint density at radius 2 is 1.63 bits per heavy atom. The normalized spacial score (nSPS) is 16.9. The molecule has 1 aliphatic heterocycles. The van der Waals surface area contributed by atoms with E-state index in [4.69, 9.17) is 25.8 Å². The first-order valence-corrected chi connectivity index (χ1v) is 11.1. The van der Waals surface area contributed by atoms with Gasteiger partial charge in [-0.25, -0.2) is 0 Å². The number of aryl methyl sites for hydroxylation is 1. The molecule has 8 heteroatoms. The highest BCUT2D eigenvalue weighted by molar-refractivity contribution is 6.51. The number of amides is 1. The zero-order valence-corrected chi connectivity index (χ0v) is 20.4. The van der Waals surface area contributed by atoms with Crippen LogP contribution >= 0.6 is 11.6 Å². The fraction of sp³-hybridized carbons (Fsp3) is 0.185. The van der Waals surface area contributed by atoms with Crippen molar-refractivity contribution in [3.8, 4) is 17.2 Å². The van der Waals surface area contributed by atoms with Crippen molar-refractivity contribution in [2.24, 2.45) is 0 Å². The lowest BCUT2D eigenvalue weighted by Gasteiger charge is -2.27. The molecule has 0 spiro atoms. The number of ketones is 1. The van der Waals surface area contributed by atoms with E-state index >= 15 is 0 Å². The van der Waals surface area contributed by atoms with Crippen molar-refractivity contribution in [1.82, 2.24) is 0 Å². The highest BCUT2D eigenvalue weighted by Crippen LogP contribution is 2.45. The summed E-state index contributed by atoms with van der Waals surface area (Å²) in [7, 11) is 4.40. The van der Waals surface area contributed by atoms with Crippen molar-refractivity contribution in [3.05, 3.63) is 87.9 Å². The number of hydrogen-bond acceptors (Lipinski definition) is 6. The van der Waals surface area contributed by atoms with Crippen LogP contribution in [-0.2, 0) is 9.59 Å². The molecule has 1 unspecified atom stereocenters. The second-order valence-corrected chi connectivity index (χ2v) is 8.32. The van der Waals surface area contributed by atoms with E-state index in [-0.39, 0.29) is 21.9 Å². The van der Waals surface area contributed by atoms with Crippen molar-refractivity contribution in [3.63, 3.8) is 0 Å². The highest BCUT2D eigenvalue weighted by atomic mass is 35.5. The van der Waals surface area contributed by atoms with Gasteiger partial charge in [0, 0.05) is 17.8 Å². The van der Waals surface area contributed by atoms with Gasteiger partial charge in [0.1, 0.15) is 23.0 Å². The molecule has 0 aliphatic carbocycles. The summed E-state index contributed by atoms with van der Waals surface area (Å²) in [4.78, 5) is 28.2. The average molecular weight is 494 g/mol. The largest absolute Gasteiger partial charge is 0.507 e. The predicted molar refractivity (Wildman–Crippen MR) is 134 cm³/mol. The lowest BCUT2D eigenvalue weighted by atomic mass is 9.92. The van der Waals surface area contributed by atoms with Gasteiger partial charge in [0.2, 0.25) is 0 Å². The molecule has 35 heavy (non-hydrogen) atoms. The maximum atomic E-state index is 13.4. The third-order valence-electron chi connectivity index (χ3n) is 5.99. The Bertz CT molecular complexity index is 1350. The van der Waals surface area contributed by atoms with Gasteiger partial charge in [0.25, 0.3) is 11.7 Å². The summed E-state index contributed by atoms with van der Waals surface area (Å²) in [5.41, 5.74) is 2.08. The van der Waals surface area contributed by atoms with E-state index in [9.17, 15) is 14.7 Å². The van der Waals surface area contributed by atoms with Crippen molar-refractivity contribution in [1.29, 1.82) is 0 Å². The SMILES string of the molecule is COc1cccc(N2C(=O)C(=O)/C(=C(/O)c3cc(Cl)c(OC)cc3OC)C2c2ccccc2C)c1. The number of rotatable bonds is 6. The summed E-state index contributed by atoms with van der Waals surface area (Å²) < 4.78 is 16.0. The second-order valence-electron chi connectivity index (χ2n) is 7.91. The van der Waals surface area contributed by atoms with E-state index in [1.807, 2.05) is 31.2 Å². The predicted octanol–water partition coefficient (Wildman–Crippen LogP) is 5.30. The zero-order chi connectivity index (χ0) is 25.3. The van der Waals surface area contributed by atoms with Gasteiger partial charge in [0.15, 0.2) is 0 Å². The number of halogens is 1. The number of anilines is 1. The fourth-order valence-corrected chi connectivity index (χ4v) is 4.48. The van der Waals surface area contributed by atoms with Crippen molar-refractivity contribution in [2.75, 3.05) is 26.2 Å². The number of hydrogen-bond donors (Lipinski definition) is 1. The third-order valence-corrected chi connectivity index (χ3v) is 6.28. The molecule has 1 atom stereocenters. The van der Waals surface area contributed by atoms with E-state index in [1.54, 1.807) is 24.3 Å². The number of ether oxygens (including phenoxy) is 3. The zero-order valence-electron chi connectivity index (χ0n) is 19.7. The minimum Gasteiger partial charge on any atom is -0.507 e. The molecular formula is C27H24ClNO6. The summed E-state index contributed by atoms with van der Waals surface area (Å²) in [5, 5.41) is 11.7. The molecule has 0 radical (unpaired) electrons. The summed E-state index contributed by atoms with van der Waals surface area (Å²) in [5.74, 6) is -0.897. The van der Waals surface area contributed by atoms with Crippen LogP contribution < -0.4 is 19.1 Å². The lowest BCUT2D eigenvalue weighted by Crippen LogP contribution is -2.29. The molecule has 0 bridgehead atoms. The number of aliphatic hydroxyl groups is 1. The van der Waals surface area contributed by atoms with Crippen molar-refractivity contribution in [2.45, 2.75) is 13.0 Å². The Balaban J connectivity index is 2.01. The molecule has 3 aromatic rings. The molecule has 7 nitrogen and oxygen atoms in total. The average Bonchev–Trinajstić information content (AvgIpc) is 3.13. The molecule has 1 N–H and O–H groups in total. The smallest absolute Gasteiger partial charge is 0.300 e. The van der Waals surface area contributed by atoms with Gasteiger partial charge in [-0.2, -0.15) is 0 Å². The monoisotopic (exact) mass is 493 g/mol. The van der Waals surface area contributed by atoms with Crippen LogP contribution in [0.4, 0.5) is 5.69 Å². The maximum absolute atomic E-state index is 13.4. The Labute approximate surface area is 208 Å². The van der Waals surface area contributed by atoms with Crippen LogP contribution in [0.15, 0.2) is 66.2 Å². The molecule has 1 fully saturated rings. The first-order chi connectivity index (χ1) is 16.8. The van der Waals surface area contributed by atoms with E-state index in [0.717, 1.165) is 5.56 Å². The van der Waals surface area contributed by atoms with Crippen molar-refractivity contribution < 1.29 is 28.9 Å². The number of carbonyl (C=O) groups is 2. The van der Waals surface area contributed by atoms with Crippen LogP contribution in [0, 0.1) is 6.92 Å². The minimum atomic E-state index is -0.895. The Kier molecular flexibility index (Phi) is 6.71. The van der Waals surface area contributed by atoms with Crippen LogP contribution in [0.2, 0.25) is 5.02 Å². The lowest BCUT2D eigenvalue weighted by molar-refractivity contribution is -0.132. The van der Waals surface area contributed by atoms with E-state index in [2.05, 4.69) is 0 Å². The fourth-order valence-electron chi connectivity index (χ4n) is 4.24. The van der Waals surface area contributed by atoms with E-state index < -0.39 is 23.5 Å². The van der Waals surface area contributed by atoms with Gasteiger partial charge in [-0.05, 0) is 36.2 Å². The first kappa shape index (κ1) is 24.2. The molecule has 1 amide bonds. The highest BCUT2D eigenvalue weighted by Gasteiger charge is 2.47. The van der Waals surface area contributed by atoms with E-state index in [1.165, 1.54) is 38.4 Å². The van der Waals surface area contributed by atoms with Gasteiger partial charge < -0.3 is 19.3 Å².